The van der Waals surface area contributed by atoms with Crippen molar-refractivity contribution in [1.82, 2.24) is 0 Å². The van der Waals surface area contributed by atoms with E-state index in [1.54, 1.807) is 0 Å². The lowest BCUT2D eigenvalue weighted by molar-refractivity contribution is 0.0651. The zero-order chi connectivity index (χ0) is 12.6. The number of hydrogen-bond donors (Lipinski definition) is 1. The van der Waals surface area contributed by atoms with Crippen molar-refractivity contribution in [3.8, 4) is 0 Å². The molecule has 0 spiro atoms. The molecule has 1 aromatic rings. The summed E-state index contributed by atoms with van der Waals surface area (Å²) in [4.78, 5) is 0. The van der Waals surface area contributed by atoms with Crippen LogP contribution in [0.25, 0.3) is 0 Å². The second-order valence-electron chi connectivity index (χ2n) is 6.45. The Morgan fingerprint density at radius 1 is 1.17 bits per heavy atom. The normalized spacial score (nSPS) is 34.1. The maximum Gasteiger partial charge on any atom is 0.0493 e. The lowest BCUT2D eigenvalue weighted by Gasteiger charge is -2.36. The van der Waals surface area contributed by atoms with Crippen molar-refractivity contribution in [3.05, 3.63) is 35.4 Å². The van der Waals surface area contributed by atoms with E-state index in [2.05, 4.69) is 31.2 Å². The zero-order valence-electron chi connectivity index (χ0n) is 11.4. The first kappa shape index (κ1) is 12.2. The molecule has 0 aromatic heterocycles. The van der Waals surface area contributed by atoms with Gasteiger partial charge in [0.1, 0.15) is 0 Å². The van der Waals surface area contributed by atoms with E-state index in [1.807, 2.05) is 0 Å². The first-order valence-electron chi connectivity index (χ1n) is 7.44. The topological polar surface area (TPSA) is 20.2 Å². The molecular formula is C17H24O. The van der Waals surface area contributed by atoms with Crippen LogP contribution in [0.2, 0.25) is 0 Å². The number of fused-ring (bicyclic) bond motifs is 2. The van der Waals surface area contributed by atoms with Crippen molar-refractivity contribution >= 4 is 0 Å². The Kier molecular flexibility index (Phi) is 3.19. The van der Waals surface area contributed by atoms with Crippen molar-refractivity contribution < 1.29 is 5.11 Å². The van der Waals surface area contributed by atoms with E-state index < -0.39 is 0 Å². The number of aliphatic hydroxyl groups is 1. The third kappa shape index (κ3) is 1.99. The van der Waals surface area contributed by atoms with Gasteiger partial charge in [-0.1, -0.05) is 37.6 Å². The summed E-state index contributed by atoms with van der Waals surface area (Å²) >= 11 is 0. The molecule has 0 saturated heterocycles. The molecule has 0 heterocycles. The van der Waals surface area contributed by atoms with Crippen molar-refractivity contribution in [3.63, 3.8) is 0 Å². The lowest BCUT2D eigenvalue weighted by atomic mass is 9.70. The molecule has 1 aromatic carbocycles. The zero-order valence-corrected chi connectivity index (χ0v) is 11.4. The third-order valence-corrected chi connectivity index (χ3v) is 5.40. The van der Waals surface area contributed by atoms with Gasteiger partial charge in [0.25, 0.3) is 0 Å². The van der Waals surface area contributed by atoms with Gasteiger partial charge in [0.05, 0.1) is 0 Å². The van der Waals surface area contributed by atoms with Crippen LogP contribution in [0.15, 0.2) is 24.3 Å². The lowest BCUT2D eigenvalue weighted by Crippen LogP contribution is -2.34. The highest BCUT2D eigenvalue weighted by Gasteiger charge is 2.50. The van der Waals surface area contributed by atoms with E-state index in [-0.39, 0.29) is 5.41 Å². The second kappa shape index (κ2) is 4.70. The summed E-state index contributed by atoms with van der Waals surface area (Å²) in [6.45, 7) is 2.57. The van der Waals surface area contributed by atoms with Gasteiger partial charge in [0.15, 0.2) is 0 Å². The minimum absolute atomic E-state index is 0.205. The predicted molar refractivity (Wildman–Crippen MR) is 74.5 cm³/mol. The fourth-order valence-electron chi connectivity index (χ4n) is 4.32. The van der Waals surface area contributed by atoms with E-state index >= 15 is 0 Å². The minimum atomic E-state index is 0.205. The summed E-state index contributed by atoms with van der Waals surface area (Å²) in [5.74, 6) is 1.68. The highest BCUT2D eigenvalue weighted by atomic mass is 16.3. The highest BCUT2D eigenvalue weighted by Crippen LogP contribution is 2.57. The average Bonchev–Trinajstić information content (AvgIpc) is 3.00. The maximum atomic E-state index is 9.90. The first-order chi connectivity index (χ1) is 8.75. The Morgan fingerprint density at radius 3 is 2.39 bits per heavy atom. The first-order valence-corrected chi connectivity index (χ1v) is 7.44. The summed E-state index contributed by atoms with van der Waals surface area (Å²) in [6.07, 6.45) is 7.56. The van der Waals surface area contributed by atoms with Gasteiger partial charge >= 0.3 is 0 Å². The molecule has 0 amide bonds. The molecule has 2 saturated carbocycles. The van der Waals surface area contributed by atoms with Crippen LogP contribution in [0.3, 0.4) is 0 Å². The van der Waals surface area contributed by atoms with Crippen LogP contribution in [0.4, 0.5) is 0 Å². The van der Waals surface area contributed by atoms with Gasteiger partial charge in [-0.05, 0) is 55.1 Å². The van der Waals surface area contributed by atoms with Gasteiger partial charge in [-0.25, -0.2) is 0 Å². The van der Waals surface area contributed by atoms with E-state index in [9.17, 15) is 5.11 Å². The van der Waals surface area contributed by atoms with Gasteiger partial charge in [-0.15, -0.1) is 0 Å². The molecular weight excluding hydrogens is 220 g/mol. The molecule has 18 heavy (non-hydrogen) atoms. The average molecular weight is 244 g/mol. The Balaban J connectivity index is 1.77. The van der Waals surface area contributed by atoms with Crippen molar-refractivity contribution in [2.75, 3.05) is 6.61 Å². The number of rotatable bonds is 4. The van der Waals surface area contributed by atoms with Crippen molar-refractivity contribution in [2.24, 2.45) is 17.3 Å². The van der Waals surface area contributed by atoms with Crippen molar-refractivity contribution in [2.45, 2.75) is 45.4 Å². The van der Waals surface area contributed by atoms with E-state index in [0.29, 0.717) is 6.61 Å². The number of aliphatic hydroxyl groups excluding tert-OH is 1. The Hall–Kier alpha value is -0.820. The number of hydrogen-bond acceptors (Lipinski definition) is 1. The molecule has 0 aliphatic heterocycles. The van der Waals surface area contributed by atoms with Gasteiger partial charge in [0, 0.05) is 12.0 Å². The third-order valence-electron chi connectivity index (χ3n) is 5.40. The summed E-state index contributed by atoms with van der Waals surface area (Å²) in [5.41, 5.74) is 3.02. The smallest absolute Gasteiger partial charge is 0.0493 e. The van der Waals surface area contributed by atoms with E-state index in [1.165, 1.54) is 36.8 Å². The summed E-state index contributed by atoms with van der Waals surface area (Å²) in [7, 11) is 0. The van der Waals surface area contributed by atoms with Gasteiger partial charge in [0.2, 0.25) is 0 Å². The SMILES string of the molecule is CCc1ccc(CC2(CO)CC3CCC2C3)cc1. The van der Waals surface area contributed by atoms with Crippen LogP contribution in [-0.4, -0.2) is 11.7 Å². The molecule has 0 radical (unpaired) electrons. The molecule has 2 fully saturated rings. The van der Waals surface area contributed by atoms with Crippen LogP contribution in [0.1, 0.15) is 43.7 Å². The van der Waals surface area contributed by atoms with Crippen LogP contribution in [-0.2, 0) is 12.8 Å². The molecule has 2 bridgehead atoms. The fraction of sp³-hybridized carbons (Fsp3) is 0.647. The molecule has 1 nitrogen and oxygen atoms in total. The molecule has 3 unspecified atom stereocenters. The quantitative estimate of drug-likeness (QED) is 0.858. The minimum Gasteiger partial charge on any atom is -0.396 e. The van der Waals surface area contributed by atoms with Crippen LogP contribution in [0.5, 0.6) is 0 Å². The van der Waals surface area contributed by atoms with Gasteiger partial charge < -0.3 is 5.11 Å². The molecule has 3 atom stereocenters. The highest BCUT2D eigenvalue weighted by molar-refractivity contribution is 5.24. The fourth-order valence-corrected chi connectivity index (χ4v) is 4.32. The van der Waals surface area contributed by atoms with E-state index in [0.717, 1.165) is 24.7 Å². The largest absolute Gasteiger partial charge is 0.396 e. The molecule has 1 N–H and O–H groups in total. The number of benzene rings is 1. The summed E-state index contributed by atoms with van der Waals surface area (Å²) in [6, 6.07) is 9.02. The Bertz CT molecular complexity index is 408. The Labute approximate surface area is 110 Å². The van der Waals surface area contributed by atoms with Gasteiger partial charge in [-0.2, -0.15) is 0 Å². The molecule has 2 aliphatic rings. The molecule has 1 heteroatoms. The summed E-state index contributed by atoms with van der Waals surface area (Å²) in [5, 5.41) is 9.90. The second-order valence-corrected chi connectivity index (χ2v) is 6.45. The Morgan fingerprint density at radius 2 is 1.89 bits per heavy atom. The van der Waals surface area contributed by atoms with Crippen LogP contribution < -0.4 is 0 Å². The monoisotopic (exact) mass is 244 g/mol. The predicted octanol–water partition coefficient (Wildman–Crippen LogP) is 3.59. The summed E-state index contributed by atoms with van der Waals surface area (Å²) < 4.78 is 0. The molecule has 2 aliphatic carbocycles. The van der Waals surface area contributed by atoms with Gasteiger partial charge in [-0.3, -0.25) is 0 Å². The molecule has 3 rings (SSSR count). The standard InChI is InChI=1S/C17H24O/c1-2-13-3-5-14(6-4-13)10-17(12-18)11-15-7-8-16(17)9-15/h3-6,15-16,18H,2,7-12H2,1H3. The molecule has 98 valence electrons. The van der Waals surface area contributed by atoms with Crippen LogP contribution >= 0.6 is 0 Å². The maximum absolute atomic E-state index is 9.90. The number of aryl methyl sites for hydroxylation is 1. The van der Waals surface area contributed by atoms with Crippen molar-refractivity contribution in [1.29, 1.82) is 0 Å². The van der Waals surface area contributed by atoms with E-state index in [4.69, 9.17) is 0 Å². The van der Waals surface area contributed by atoms with Crippen LogP contribution in [0, 0.1) is 17.3 Å².